The monoisotopic (exact) mass is 572 g/mol. The Bertz CT molecular complexity index is 2390. The van der Waals surface area contributed by atoms with Crippen LogP contribution >= 0.6 is 0 Å². The number of rotatable bonds is 3. The Hall–Kier alpha value is -5.86. The van der Waals surface area contributed by atoms with Crippen molar-refractivity contribution in [1.82, 2.24) is 4.98 Å². The molecule has 0 amide bonds. The summed E-state index contributed by atoms with van der Waals surface area (Å²) in [6.45, 7) is 0. The van der Waals surface area contributed by atoms with Gasteiger partial charge in [0.1, 0.15) is 0 Å². The first-order valence-corrected chi connectivity index (χ1v) is 15.6. The predicted octanol–water partition coefficient (Wildman–Crippen LogP) is 11.1. The normalized spacial score (nSPS) is 13.5. The van der Waals surface area contributed by atoms with E-state index in [0.717, 1.165) is 28.1 Å². The van der Waals surface area contributed by atoms with Gasteiger partial charge in [-0.1, -0.05) is 115 Å². The number of H-pyrrole nitrogens is 1. The summed E-state index contributed by atoms with van der Waals surface area (Å²) < 4.78 is 0. The highest BCUT2D eigenvalue weighted by Crippen LogP contribution is 2.63. The molecule has 1 aromatic heterocycles. The lowest BCUT2D eigenvalue weighted by Gasteiger charge is -2.32. The highest BCUT2D eigenvalue weighted by atomic mass is 15.1. The van der Waals surface area contributed by atoms with E-state index in [-0.39, 0.29) is 5.41 Å². The van der Waals surface area contributed by atoms with E-state index in [4.69, 9.17) is 0 Å². The van der Waals surface area contributed by atoms with Crippen molar-refractivity contribution in [3.05, 3.63) is 186 Å². The van der Waals surface area contributed by atoms with Crippen LogP contribution in [0.25, 0.3) is 44.1 Å². The number of anilines is 3. The molecule has 2 nitrogen and oxygen atoms in total. The molecule has 0 saturated heterocycles. The summed E-state index contributed by atoms with van der Waals surface area (Å²) in [4.78, 5) is 6.01. The molecule has 10 rings (SSSR count). The predicted molar refractivity (Wildman–Crippen MR) is 187 cm³/mol. The fraction of sp³-hybridized carbons (Fsp3) is 0.0233. The number of hydrogen-bond donors (Lipinski definition) is 1. The second kappa shape index (κ2) is 9.07. The summed E-state index contributed by atoms with van der Waals surface area (Å²) in [6.07, 6.45) is 0. The van der Waals surface area contributed by atoms with Crippen LogP contribution in [0.2, 0.25) is 0 Å². The largest absolute Gasteiger partial charge is 0.355 e. The van der Waals surface area contributed by atoms with Crippen LogP contribution in [-0.2, 0) is 5.41 Å². The maximum Gasteiger partial charge on any atom is 0.0726 e. The molecule has 2 aliphatic rings. The molecule has 210 valence electrons. The first-order valence-electron chi connectivity index (χ1n) is 15.6. The summed E-state index contributed by atoms with van der Waals surface area (Å²) >= 11 is 0. The zero-order chi connectivity index (χ0) is 29.5. The third-order valence-corrected chi connectivity index (χ3v) is 10.0. The first kappa shape index (κ1) is 24.6. The molecule has 2 heteroatoms. The van der Waals surface area contributed by atoms with Crippen molar-refractivity contribution in [1.29, 1.82) is 0 Å². The van der Waals surface area contributed by atoms with Gasteiger partial charge in [0.15, 0.2) is 0 Å². The van der Waals surface area contributed by atoms with E-state index in [2.05, 4.69) is 174 Å². The molecule has 0 atom stereocenters. The number of aromatic nitrogens is 1. The van der Waals surface area contributed by atoms with Crippen LogP contribution in [0.5, 0.6) is 0 Å². The van der Waals surface area contributed by atoms with Crippen molar-refractivity contribution in [2.75, 3.05) is 4.90 Å². The van der Waals surface area contributed by atoms with Crippen molar-refractivity contribution >= 4 is 38.9 Å². The molecule has 1 spiro atoms. The summed E-state index contributed by atoms with van der Waals surface area (Å²) in [5.74, 6) is 0. The van der Waals surface area contributed by atoms with Crippen molar-refractivity contribution < 1.29 is 0 Å². The maximum absolute atomic E-state index is 3.60. The topological polar surface area (TPSA) is 19.0 Å². The Kier molecular flexibility index (Phi) is 4.95. The van der Waals surface area contributed by atoms with E-state index in [1.54, 1.807) is 0 Å². The van der Waals surface area contributed by atoms with Gasteiger partial charge in [0, 0.05) is 38.9 Å². The molecule has 0 bridgehead atoms. The van der Waals surface area contributed by atoms with E-state index < -0.39 is 0 Å². The molecule has 1 heterocycles. The second-order valence-corrected chi connectivity index (χ2v) is 12.2. The van der Waals surface area contributed by atoms with Crippen LogP contribution < -0.4 is 4.90 Å². The molecule has 2 aliphatic carbocycles. The average Bonchev–Trinajstić information content (AvgIpc) is 3.73. The van der Waals surface area contributed by atoms with E-state index in [1.165, 1.54) is 55.3 Å². The maximum atomic E-state index is 3.60. The fourth-order valence-corrected chi connectivity index (χ4v) is 8.22. The van der Waals surface area contributed by atoms with E-state index >= 15 is 0 Å². The van der Waals surface area contributed by atoms with Crippen molar-refractivity contribution in [3.8, 4) is 22.3 Å². The number of nitrogens with zero attached hydrogens (tertiary/aromatic N) is 1. The zero-order valence-electron chi connectivity index (χ0n) is 24.5. The third kappa shape index (κ3) is 3.23. The quantitative estimate of drug-likeness (QED) is 0.223. The zero-order valence-corrected chi connectivity index (χ0v) is 24.5. The molecule has 0 fully saturated rings. The lowest BCUT2D eigenvalue weighted by atomic mass is 9.70. The third-order valence-electron chi connectivity index (χ3n) is 10.0. The highest BCUT2D eigenvalue weighted by molar-refractivity contribution is 6.08. The first-order chi connectivity index (χ1) is 22.3. The molecule has 0 saturated carbocycles. The van der Waals surface area contributed by atoms with Crippen LogP contribution in [0.4, 0.5) is 17.1 Å². The molecular weight excluding hydrogens is 544 g/mol. The Labute approximate surface area is 261 Å². The van der Waals surface area contributed by atoms with Gasteiger partial charge in [0.25, 0.3) is 0 Å². The Morgan fingerprint density at radius 1 is 0.356 bits per heavy atom. The van der Waals surface area contributed by atoms with Crippen LogP contribution in [0, 0.1) is 0 Å². The number of benzene rings is 7. The van der Waals surface area contributed by atoms with Crippen molar-refractivity contribution in [3.63, 3.8) is 0 Å². The molecule has 45 heavy (non-hydrogen) atoms. The second-order valence-electron chi connectivity index (χ2n) is 12.2. The smallest absolute Gasteiger partial charge is 0.0726 e. The lowest BCUT2D eigenvalue weighted by Crippen LogP contribution is -2.26. The number of fused-ring (bicyclic) bond motifs is 13. The van der Waals surface area contributed by atoms with Gasteiger partial charge in [-0.05, 0) is 93.0 Å². The minimum Gasteiger partial charge on any atom is -0.355 e. The lowest BCUT2D eigenvalue weighted by molar-refractivity contribution is 0.793. The van der Waals surface area contributed by atoms with Gasteiger partial charge in [0.05, 0.1) is 5.41 Å². The number of aromatic amines is 1. The van der Waals surface area contributed by atoms with Crippen molar-refractivity contribution in [2.24, 2.45) is 0 Å². The fourth-order valence-electron chi connectivity index (χ4n) is 8.22. The van der Waals surface area contributed by atoms with E-state index in [9.17, 15) is 0 Å². The summed E-state index contributed by atoms with van der Waals surface area (Å²) in [5, 5.41) is 2.47. The minimum absolute atomic E-state index is 0.377. The van der Waals surface area contributed by atoms with E-state index in [0.29, 0.717) is 0 Å². The van der Waals surface area contributed by atoms with Crippen LogP contribution in [-0.4, -0.2) is 4.98 Å². The Morgan fingerprint density at radius 3 is 1.56 bits per heavy atom. The van der Waals surface area contributed by atoms with Gasteiger partial charge in [-0.3, -0.25) is 0 Å². The van der Waals surface area contributed by atoms with Gasteiger partial charge in [0.2, 0.25) is 0 Å². The number of para-hydroxylation sites is 2. The number of hydrogen-bond acceptors (Lipinski definition) is 1. The van der Waals surface area contributed by atoms with Gasteiger partial charge in [-0.15, -0.1) is 0 Å². The average molecular weight is 573 g/mol. The molecule has 1 N–H and O–H groups in total. The molecule has 0 unspecified atom stereocenters. The Balaban J connectivity index is 1.26. The van der Waals surface area contributed by atoms with Crippen molar-refractivity contribution in [2.45, 2.75) is 5.41 Å². The van der Waals surface area contributed by atoms with Crippen LogP contribution in [0.1, 0.15) is 22.3 Å². The van der Waals surface area contributed by atoms with Gasteiger partial charge in [-0.2, -0.15) is 0 Å². The van der Waals surface area contributed by atoms with Crippen LogP contribution in [0.15, 0.2) is 164 Å². The summed E-state index contributed by atoms with van der Waals surface area (Å²) in [5.41, 5.74) is 16.0. The summed E-state index contributed by atoms with van der Waals surface area (Å²) in [7, 11) is 0. The standard InChI is InChI=1S/C43H28N2/c1-2-12-28(13-3-1)45(29-23-25-42-36(26-29)35-17-7-11-21-41(35)44-42)30-22-24-34-33-16-6-10-20-39(33)43(40(34)27-30)37-18-8-4-14-31(37)32-15-5-9-19-38(32)43/h1-27,44H. The SMILES string of the molecule is c1ccc(N(c2ccc3c(c2)C2(c4ccccc4-c4ccccc42)c2ccccc2-3)c2ccc3[nH]c4ccccc4c3c2)cc1. The van der Waals surface area contributed by atoms with Gasteiger partial charge in [-0.25, -0.2) is 0 Å². The summed E-state index contributed by atoms with van der Waals surface area (Å²) in [6, 6.07) is 60.2. The minimum atomic E-state index is -0.377. The highest BCUT2D eigenvalue weighted by Gasteiger charge is 2.51. The Morgan fingerprint density at radius 2 is 0.867 bits per heavy atom. The van der Waals surface area contributed by atoms with Crippen LogP contribution in [0.3, 0.4) is 0 Å². The molecule has 0 radical (unpaired) electrons. The molecular formula is C43H28N2. The molecule has 8 aromatic rings. The van der Waals surface area contributed by atoms with Gasteiger partial charge >= 0.3 is 0 Å². The van der Waals surface area contributed by atoms with E-state index in [1.807, 2.05) is 0 Å². The molecule has 0 aliphatic heterocycles. The number of nitrogens with one attached hydrogen (secondary N) is 1. The van der Waals surface area contributed by atoms with Gasteiger partial charge < -0.3 is 9.88 Å². The molecule has 7 aromatic carbocycles.